The minimum Gasteiger partial charge on any atom is -0.370 e. The average Bonchev–Trinajstić information content (AvgIpc) is 3.56. The molecule has 2 aliphatic carbocycles. The van der Waals surface area contributed by atoms with Gasteiger partial charge in [-0.2, -0.15) is 0 Å². The number of guanidine groups is 1. The standard InChI is InChI=1S/C23H37N5.HI/c24-23(26-21-5-3-1-2-4-6-21)25-17-19-9-11-22(12-10-19)28-15-13-27(14-16-28)18-20-7-8-20;/h9-12,20-21H,1-8,13-18H2,(H3,24,25,26);1H. The highest BCUT2D eigenvalue weighted by Gasteiger charge is 2.26. The number of nitrogens with zero attached hydrogens (tertiary/aromatic N) is 3. The molecule has 4 rings (SSSR count). The van der Waals surface area contributed by atoms with E-state index >= 15 is 0 Å². The topological polar surface area (TPSA) is 56.9 Å². The van der Waals surface area contributed by atoms with Crippen LogP contribution in [-0.2, 0) is 6.54 Å². The maximum absolute atomic E-state index is 6.13. The fourth-order valence-electron chi connectivity index (χ4n) is 4.52. The molecule has 162 valence electrons. The molecule has 1 aromatic rings. The third kappa shape index (κ3) is 7.31. The SMILES string of the molecule is I.NC(=NCc1ccc(N2CCN(CC3CC3)CC2)cc1)NC1CCCCCC1. The van der Waals surface area contributed by atoms with Crippen molar-refractivity contribution in [1.82, 2.24) is 10.2 Å². The third-order valence-corrected chi connectivity index (χ3v) is 6.53. The van der Waals surface area contributed by atoms with Crippen LogP contribution in [-0.4, -0.2) is 49.6 Å². The Morgan fingerprint density at radius 2 is 1.59 bits per heavy atom. The van der Waals surface area contributed by atoms with E-state index in [1.165, 1.54) is 82.3 Å². The maximum atomic E-state index is 6.13. The number of nitrogens with two attached hydrogens (primary N) is 1. The highest BCUT2D eigenvalue weighted by molar-refractivity contribution is 14.0. The highest BCUT2D eigenvalue weighted by atomic mass is 127. The molecule has 5 nitrogen and oxygen atoms in total. The van der Waals surface area contributed by atoms with Crippen molar-refractivity contribution in [3.05, 3.63) is 29.8 Å². The minimum atomic E-state index is 0. The average molecular weight is 511 g/mol. The first-order chi connectivity index (χ1) is 13.8. The van der Waals surface area contributed by atoms with Crippen LogP contribution < -0.4 is 16.0 Å². The van der Waals surface area contributed by atoms with E-state index in [-0.39, 0.29) is 24.0 Å². The molecular formula is C23H38IN5. The van der Waals surface area contributed by atoms with Gasteiger partial charge in [-0.05, 0) is 49.3 Å². The number of anilines is 1. The lowest BCUT2D eigenvalue weighted by molar-refractivity contribution is 0.248. The first kappa shape index (κ1) is 22.7. The van der Waals surface area contributed by atoms with Gasteiger partial charge in [0.25, 0.3) is 0 Å². The largest absolute Gasteiger partial charge is 0.370 e. The van der Waals surface area contributed by atoms with Crippen LogP contribution in [0.15, 0.2) is 29.3 Å². The number of hydrogen-bond acceptors (Lipinski definition) is 3. The predicted octanol–water partition coefficient (Wildman–Crippen LogP) is 3.96. The Labute approximate surface area is 193 Å². The second kappa shape index (κ2) is 11.4. The van der Waals surface area contributed by atoms with Crippen LogP contribution in [0.25, 0.3) is 0 Å². The second-order valence-corrected chi connectivity index (χ2v) is 8.93. The first-order valence-corrected chi connectivity index (χ1v) is 11.4. The Bertz CT molecular complexity index is 627. The summed E-state index contributed by atoms with van der Waals surface area (Å²) >= 11 is 0. The molecule has 3 fully saturated rings. The smallest absolute Gasteiger partial charge is 0.189 e. The first-order valence-electron chi connectivity index (χ1n) is 11.4. The molecule has 0 bridgehead atoms. The summed E-state index contributed by atoms with van der Waals surface area (Å²) in [5.41, 5.74) is 8.69. The van der Waals surface area contributed by atoms with E-state index in [1.54, 1.807) is 0 Å². The Morgan fingerprint density at radius 1 is 0.931 bits per heavy atom. The molecule has 0 atom stereocenters. The lowest BCUT2D eigenvalue weighted by atomic mass is 10.1. The van der Waals surface area contributed by atoms with Crippen molar-refractivity contribution < 1.29 is 0 Å². The molecule has 3 aliphatic rings. The van der Waals surface area contributed by atoms with Crippen LogP contribution in [0.2, 0.25) is 0 Å². The van der Waals surface area contributed by atoms with Gasteiger partial charge >= 0.3 is 0 Å². The molecule has 1 aromatic carbocycles. The third-order valence-electron chi connectivity index (χ3n) is 6.53. The summed E-state index contributed by atoms with van der Waals surface area (Å²) < 4.78 is 0. The summed E-state index contributed by atoms with van der Waals surface area (Å²) in [6.45, 7) is 6.66. The molecular weight excluding hydrogens is 473 g/mol. The van der Waals surface area contributed by atoms with Crippen LogP contribution in [0.5, 0.6) is 0 Å². The lowest BCUT2D eigenvalue weighted by Crippen LogP contribution is -2.47. The highest BCUT2D eigenvalue weighted by Crippen LogP contribution is 2.30. The summed E-state index contributed by atoms with van der Waals surface area (Å²) in [6.07, 6.45) is 10.7. The fraction of sp³-hybridized carbons (Fsp3) is 0.696. The number of halogens is 1. The van der Waals surface area contributed by atoms with E-state index in [2.05, 4.69) is 44.4 Å². The van der Waals surface area contributed by atoms with Crippen LogP contribution in [0, 0.1) is 5.92 Å². The van der Waals surface area contributed by atoms with Crippen molar-refractivity contribution in [1.29, 1.82) is 0 Å². The van der Waals surface area contributed by atoms with E-state index in [0.717, 1.165) is 19.0 Å². The zero-order chi connectivity index (χ0) is 19.2. The Morgan fingerprint density at radius 3 is 2.21 bits per heavy atom. The fourth-order valence-corrected chi connectivity index (χ4v) is 4.52. The molecule has 2 saturated carbocycles. The molecule has 0 aromatic heterocycles. The van der Waals surface area contributed by atoms with Crippen LogP contribution >= 0.6 is 24.0 Å². The van der Waals surface area contributed by atoms with Gasteiger partial charge in [-0.1, -0.05) is 37.8 Å². The van der Waals surface area contributed by atoms with Gasteiger partial charge in [-0.25, -0.2) is 4.99 Å². The van der Waals surface area contributed by atoms with Gasteiger partial charge in [0.05, 0.1) is 6.54 Å². The quantitative estimate of drug-likeness (QED) is 0.263. The van der Waals surface area contributed by atoms with Crippen LogP contribution in [0.1, 0.15) is 56.9 Å². The van der Waals surface area contributed by atoms with Gasteiger partial charge in [0.15, 0.2) is 5.96 Å². The van der Waals surface area contributed by atoms with Gasteiger partial charge in [0.1, 0.15) is 0 Å². The van der Waals surface area contributed by atoms with E-state index in [0.29, 0.717) is 18.5 Å². The van der Waals surface area contributed by atoms with Crippen molar-refractivity contribution in [2.75, 3.05) is 37.6 Å². The minimum absolute atomic E-state index is 0. The molecule has 29 heavy (non-hydrogen) atoms. The molecule has 3 N–H and O–H groups in total. The Balaban J connectivity index is 0.00000240. The van der Waals surface area contributed by atoms with E-state index in [9.17, 15) is 0 Å². The number of hydrogen-bond donors (Lipinski definition) is 2. The molecule has 0 unspecified atom stereocenters. The number of aliphatic imine (C=N–C) groups is 1. The van der Waals surface area contributed by atoms with Crippen molar-refractivity contribution in [2.24, 2.45) is 16.6 Å². The van der Waals surface area contributed by atoms with Crippen LogP contribution in [0.4, 0.5) is 5.69 Å². The predicted molar refractivity (Wildman–Crippen MR) is 133 cm³/mol. The molecule has 1 saturated heterocycles. The zero-order valence-electron chi connectivity index (χ0n) is 17.7. The summed E-state index contributed by atoms with van der Waals surface area (Å²) in [7, 11) is 0. The van der Waals surface area contributed by atoms with Gasteiger partial charge in [0, 0.05) is 44.5 Å². The normalized spacial score (nSPS) is 22.1. The van der Waals surface area contributed by atoms with Gasteiger partial charge in [0.2, 0.25) is 0 Å². The summed E-state index contributed by atoms with van der Waals surface area (Å²) in [5.74, 6) is 1.60. The number of rotatable bonds is 6. The van der Waals surface area contributed by atoms with Gasteiger partial charge in [-0.15, -0.1) is 24.0 Å². The van der Waals surface area contributed by atoms with Gasteiger partial charge in [-0.3, -0.25) is 4.90 Å². The lowest BCUT2D eigenvalue weighted by Gasteiger charge is -2.36. The summed E-state index contributed by atoms with van der Waals surface area (Å²) in [5, 5.41) is 3.43. The molecule has 1 aliphatic heterocycles. The second-order valence-electron chi connectivity index (χ2n) is 8.93. The molecule has 1 heterocycles. The molecule has 0 amide bonds. The number of benzene rings is 1. The molecule has 0 radical (unpaired) electrons. The van der Waals surface area contributed by atoms with Crippen molar-refractivity contribution in [2.45, 2.75) is 64.0 Å². The van der Waals surface area contributed by atoms with E-state index in [1.807, 2.05) is 0 Å². The van der Waals surface area contributed by atoms with E-state index < -0.39 is 0 Å². The van der Waals surface area contributed by atoms with Crippen molar-refractivity contribution in [3.63, 3.8) is 0 Å². The van der Waals surface area contributed by atoms with E-state index in [4.69, 9.17) is 5.73 Å². The van der Waals surface area contributed by atoms with Crippen LogP contribution in [0.3, 0.4) is 0 Å². The number of nitrogens with one attached hydrogen (secondary N) is 1. The van der Waals surface area contributed by atoms with Crippen molar-refractivity contribution in [3.8, 4) is 0 Å². The summed E-state index contributed by atoms with van der Waals surface area (Å²) in [4.78, 5) is 9.72. The van der Waals surface area contributed by atoms with Gasteiger partial charge < -0.3 is 16.0 Å². The molecule has 6 heteroatoms. The molecule has 0 spiro atoms. The maximum Gasteiger partial charge on any atom is 0.189 e. The Hall–Kier alpha value is -1.02. The monoisotopic (exact) mass is 511 g/mol. The Kier molecular flexibility index (Phi) is 8.90. The number of piperazine rings is 1. The van der Waals surface area contributed by atoms with Crippen molar-refractivity contribution >= 4 is 35.6 Å². The summed E-state index contributed by atoms with van der Waals surface area (Å²) in [6, 6.07) is 9.40. The zero-order valence-corrected chi connectivity index (χ0v) is 20.0.